The molecule has 0 aliphatic heterocycles. The van der Waals surface area contributed by atoms with Crippen LogP contribution >= 0.6 is 0 Å². The molecule has 0 saturated heterocycles. The summed E-state index contributed by atoms with van der Waals surface area (Å²) in [4.78, 5) is 19.9. The van der Waals surface area contributed by atoms with Crippen molar-refractivity contribution < 1.29 is 4.79 Å². The highest BCUT2D eigenvalue weighted by molar-refractivity contribution is 6.05. The Labute approximate surface area is 105 Å². The Kier molecular flexibility index (Phi) is 3.23. The first-order valence-corrected chi connectivity index (χ1v) is 5.53. The van der Waals surface area contributed by atoms with Crippen LogP contribution in [0.5, 0.6) is 0 Å². The van der Waals surface area contributed by atoms with Crippen molar-refractivity contribution in [2.75, 3.05) is 11.1 Å². The van der Waals surface area contributed by atoms with Crippen LogP contribution in [0.4, 0.5) is 11.6 Å². The first kappa shape index (κ1) is 12.0. The van der Waals surface area contributed by atoms with Gasteiger partial charge in [0, 0.05) is 23.6 Å². The zero-order chi connectivity index (χ0) is 13.1. The van der Waals surface area contributed by atoms with Crippen LogP contribution in [0.1, 0.15) is 21.5 Å². The Morgan fingerprint density at radius 2 is 1.83 bits per heavy atom. The molecular weight excluding hydrogens is 228 g/mol. The van der Waals surface area contributed by atoms with E-state index < -0.39 is 0 Å². The molecule has 0 unspecified atom stereocenters. The second kappa shape index (κ2) is 4.83. The van der Waals surface area contributed by atoms with Crippen molar-refractivity contribution in [1.29, 1.82) is 0 Å². The molecule has 0 bridgehead atoms. The number of nitrogen functional groups attached to an aromatic ring is 1. The summed E-state index contributed by atoms with van der Waals surface area (Å²) < 4.78 is 0. The number of benzene rings is 1. The minimum Gasteiger partial charge on any atom is -0.398 e. The van der Waals surface area contributed by atoms with Crippen molar-refractivity contribution in [2.24, 2.45) is 0 Å². The molecule has 5 nitrogen and oxygen atoms in total. The van der Waals surface area contributed by atoms with E-state index >= 15 is 0 Å². The summed E-state index contributed by atoms with van der Waals surface area (Å²) in [6.07, 6.45) is 3.14. The summed E-state index contributed by atoms with van der Waals surface area (Å²) in [6, 6.07) is 5.24. The molecule has 0 fully saturated rings. The third kappa shape index (κ3) is 2.45. The summed E-state index contributed by atoms with van der Waals surface area (Å²) in [5, 5.41) is 2.63. The van der Waals surface area contributed by atoms with Crippen molar-refractivity contribution >= 4 is 17.5 Å². The Balaban J connectivity index is 2.27. The van der Waals surface area contributed by atoms with E-state index in [1.54, 1.807) is 24.5 Å². The number of hydrogen-bond acceptors (Lipinski definition) is 4. The highest BCUT2D eigenvalue weighted by Gasteiger charge is 2.12. The number of amides is 1. The van der Waals surface area contributed by atoms with Gasteiger partial charge in [-0.15, -0.1) is 0 Å². The number of rotatable bonds is 2. The van der Waals surface area contributed by atoms with Crippen molar-refractivity contribution in [3.8, 4) is 0 Å². The van der Waals surface area contributed by atoms with Gasteiger partial charge in [-0.25, -0.2) is 9.97 Å². The Bertz CT molecular complexity index is 581. The number of aryl methyl sites for hydroxylation is 2. The van der Waals surface area contributed by atoms with Gasteiger partial charge in [0.2, 0.25) is 5.95 Å². The number of carbonyl (C=O) groups excluding carboxylic acids is 1. The summed E-state index contributed by atoms with van der Waals surface area (Å²) in [5.41, 5.74) is 8.77. The largest absolute Gasteiger partial charge is 0.398 e. The predicted octanol–water partition coefficient (Wildman–Crippen LogP) is 1.93. The highest BCUT2D eigenvalue weighted by Crippen LogP contribution is 2.18. The quantitative estimate of drug-likeness (QED) is 0.788. The van der Waals surface area contributed by atoms with Gasteiger partial charge in [0.1, 0.15) is 0 Å². The van der Waals surface area contributed by atoms with E-state index in [1.165, 1.54) is 0 Å². The van der Waals surface area contributed by atoms with Gasteiger partial charge < -0.3 is 5.73 Å². The smallest absolute Gasteiger partial charge is 0.258 e. The van der Waals surface area contributed by atoms with Crippen molar-refractivity contribution in [2.45, 2.75) is 13.8 Å². The number of nitrogens with two attached hydrogens (primary N) is 1. The zero-order valence-corrected chi connectivity index (χ0v) is 10.3. The summed E-state index contributed by atoms with van der Waals surface area (Å²) in [7, 11) is 0. The topological polar surface area (TPSA) is 80.9 Å². The minimum atomic E-state index is -0.259. The van der Waals surface area contributed by atoms with E-state index in [2.05, 4.69) is 15.3 Å². The number of carbonyl (C=O) groups is 1. The van der Waals surface area contributed by atoms with Crippen LogP contribution in [0, 0.1) is 13.8 Å². The lowest BCUT2D eigenvalue weighted by molar-refractivity contribution is 0.102. The summed E-state index contributed by atoms with van der Waals surface area (Å²) in [6.45, 7) is 3.78. The monoisotopic (exact) mass is 242 g/mol. The minimum absolute atomic E-state index is 0.259. The molecule has 0 aliphatic carbocycles. The number of hydrogen-bond donors (Lipinski definition) is 2. The number of nitrogens with one attached hydrogen (secondary N) is 1. The lowest BCUT2D eigenvalue weighted by Crippen LogP contribution is -2.15. The molecule has 0 radical (unpaired) electrons. The average molecular weight is 242 g/mol. The second-order valence-corrected chi connectivity index (χ2v) is 4.05. The molecule has 1 aromatic carbocycles. The maximum Gasteiger partial charge on any atom is 0.258 e. The van der Waals surface area contributed by atoms with Gasteiger partial charge in [-0.1, -0.05) is 6.07 Å². The summed E-state index contributed by atoms with van der Waals surface area (Å²) in [5.74, 6) is 0.0199. The second-order valence-electron chi connectivity index (χ2n) is 4.05. The van der Waals surface area contributed by atoms with Gasteiger partial charge >= 0.3 is 0 Å². The first-order valence-electron chi connectivity index (χ1n) is 5.53. The number of aromatic nitrogens is 2. The van der Waals surface area contributed by atoms with Crippen LogP contribution in [-0.4, -0.2) is 15.9 Å². The van der Waals surface area contributed by atoms with Gasteiger partial charge in [0.25, 0.3) is 5.91 Å². The van der Waals surface area contributed by atoms with Crippen LogP contribution in [0.15, 0.2) is 30.6 Å². The highest BCUT2D eigenvalue weighted by atomic mass is 16.1. The molecule has 3 N–H and O–H groups in total. The molecule has 0 saturated carbocycles. The Morgan fingerprint density at radius 1 is 1.17 bits per heavy atom. The van der Waals surface area contributed by atoms with Gasteiger partial charge in [0.15, 0.2) is 0 Å². The van der Waals surface area contributed by atoms with Crippen LogP contribution in [0.25, 0.3) is 0 Å². The first-order chi connectivity index (χ1) is 8.58. The molecule has 1 amide bonds. The standard InChI is InChI=1S/C13H14N4O/c1-8-6-9(2)11(14)7-10(8)12(18)17-13-15-4-3-5-16-13/h3-7H,14H2,1-2H3,(H,15,16,17,18). The van der Waals surface area contributed by atoms with Crippen LogP contribution < -0.4 is 11.1 Å². The van der Waals surface area contributed by atoms with Crippen LogP contribution in [0.2, 0.25) is 0 Å². The van der Waals surface area contributed by atoms with E-state index in [-0.39, 0.29) is 11.9 Å². The fourth-order valence-corrected chi connectivity index (χ4v) is 1.65. The molecule has 2 rings (SSSR count). The maximum absolute atomic E-state index is 12.1. The molecule has 5 heteroatoms. The Hall–Kier alpha value is -2.43. The lowest BCUT2D eigenvalue weighted by Gasteiger charge is -2.09. The van der Waals surface area contributed by atoms with Crippen molar-refractivity contribution in [3.05, 3.63) is 47.3 Å². The van der Waals surface area contributed by atoms with Gasteiger partial charge in [-0.3, -0.25) is 10.1 Å². The molecule has 0 atom stereocenters. The SMILES string of the molecule is Cc1cc(C)c(C(=O)Nc2ncccn2)cc1N. The van der Waals surface area contributed by atoms with Gasteiger partial charge in [0.05, 0.1) is 0 Å². The predicted molar refractivity (Wildman–Crippen MR) is 70.3 cm³/mol. The van der Waals surface area contributed by atoms with E-state index in [0.717, 1.165) is 11.1 Å². The normalized spacial score (nSPS) is 10.1. The molecule has 0 aliphatic rings. The van der Waals surface area contributed by atoms with E-state index in [1.807, 2.05) is 19.9 Å². The lowest BCUT2D eigenvalue weighted by atomic mass is 10.0. The molecule has 2 aromatic rings. The van der Waals surface area contributed by atoms with E-state index in [0.29, 0.717) is 11.3 Å². The third-order valence-corrected chi connectivity index (χ3v) is 2.65. The Morgan fingerprint density at radius 3 is 2.50 bits per heavy atom. The maximum atomic E-state index is 12.1. The molecule has 1 heterocycles. The van der Waals surface area contributed by atoms with Crippen LogP contribution in [0.3, 0.4) is 0 Å². The molecular formula is C13H14N4O. The van der Waals surface area contributed by atoms with Crippen LogP contribution in [-0.2, 0) is 0 Å². The number of anilines is 2. The van der Waals surface area contributed by atoms with E-state index in [4.69, 9.17) is 5.73 Å². The molecule has 0 spiro atoms. The molecule has 92 valence electrons. The fraction of sp³-hybridized carbons (Fsp3) is 0.154. The fourth-order valence-electron chi connectivity index (χ4n) is 1.65. The van der Waals surface area contributed by atoms with E-state index in [9.17, 15) is 4.79 Å². The molecule has 18 heavy (non-hydrogen) atoms. The van der Waals surface area contributed by atoms with Gasteiger partial charge in [-0.2, -0.15) is 0 Å². The zero-order valence-electron chi connectivity index (χ0n) is 10.3. The molecule has 1 aromatic heterocycles. The summed E-state index contributed by atoms with van der Waals surface area (Å²) >= 11 is 0. The average Bonchev–Trinajstić information content (AvgIpc) is 2.35. The van der Waals surface area contributed by atoms with Crippen molar-refractivity contribution in [3.63, 3.8) is 0 Å². The van der Waals surface area contributed by atoms with Crippen molar-refractivity contribution in [1.82, 2.24) is 9.97 Å². The number of nitrogens with zero attached hydrogens (tertiary/aromatic N) is 2. The van der Waals surface area contributed by atoms with Gasteiger partial charge in [-0.05, 0) is 37.1 Å². The third-order valence-electron chi connectivity index (χ3n) is 2.65.